The van der Waals surface area contributed by atoms with E-state index >= 15 is 0 Å². The zero-order valence-corrected chi connectivity index (χ0v) is 19.7. The van der Waals surface area contributed by atoms with E-state index in [1.165, 1.54) is 5.56 Å². The molecule has 0 fully saturated rings. The van der Waals surface area contributed by atoms with Crippen LogP contribution in [0.2, 0.25) is 0 Å². The quantitative estimate of drug-likeness (QED) is 0.313. The lowest BCUT2D eigenvalue weighted by Crippen LogP contribution is -2.12. The molecule has 7 heteroatoms. The molecule has 0 saturated carbocycles. The number of carbonyl (C=O) groups excluding carboxylic acids is 2. The fourth-order valence-corrected chi connectivity index (χ4v) is 4.33. The van der Waals surface area contributed by atoms with Crippen LogP contribution in [0.1, 0.15) is 50.2 Å². The van der Waals surface area contributed by atoms with Gasteiger partial charge in [0.25, 0.3) is 0 Å². The predicted octanol–water partition coefficient (Wildman–Crippen LogP) is 5.57. The van der Waals surface area contributed by atoms with Crippen LogP contribution in [0, 0.1) is 0 Å². The molecule has 0 aliphatic heterocycles. The minimum absolute atomic E-state index is 0.0971. The number of anilines is 1. The van der Waals surface area contributed by atoms with Crippen LogP contribution in [-0.2, 0) is 27.2 Å². The molecular weight excluding hydrogens is 432 g/mol. The van der Waals surface area contributed by atoms with Crippen LogP contribution < -0.4 is 10.1 Å². The summed E-state index contributed by atoms with van der Waals surface area (Å²) < 4.78 is 16.2. The lowest BCUT2D eigenvalue weighted by Gasteiger charge is -2.15. The number of esters is 1. The van der Waals surface area contributed by atoms with Gasteiger partial charge in [0.1, 0.15) is 11.4 Å². The summed E-state index contributed by atoms with van der Waals surface area (Å²) in [5.74, 6) is 1.02. The molecule has 178 valence electrons. The molecule has 7 nitrogen and oxygen atoms in total. The van der Waals surface area contributed by atoms with Gasteiger partial charge in [0.2, 0.25) is 5.91 Å². The molecule has 0 radical (unpaired) electrons. The maximum atomic E-state index is 12.6. The Hall–Kier alpha value is -3.61. The average molecular weight is 463 g/mol. The summed E-state index contributed by atoms with van der Waals surface area (Å²) in [5, 5.41) is 7.32. The second-order valence-electron chi connectivity index (χ2n) is 8.32. The van der Waals surface area contributed by atoms with E-state index in [0.29, 0.717) is 43.7 Å². The van der Waals surface area contributed by atoms with Crippen molar-refractivity contribution in [1.29, 1.82) is 0 Å². The van der Waals surface area contributed by atoms with Crippen LogP contribution in [0.5, 0.6) is 5.75 Å². The third-order valence-corrected chi connectivity index (χ3v) is 6.03. The van der Waals surface area contributed by atoms with Gasteiger partial charge < -0.3 is 19.3 Å². The molecule has 1 amide bonds. The molecule has 0 atom stereocenters. The van der Waals surface area contributed by atoms with Gasteiger partial charge in [-0.15, -0.1) is 0 Å². The maximum absolute atomic E-state index is 12.6. The van der Waals surface area contributed by atoms with Crippen molar-refractivity contribution >= 4 is 17.6 Å². The molecule has 0 spiro atoms. The fourth-order valence-electron chi connectivity index (χ4n) is 4.33. The normalized spacial score (nSPS) is 11.9. The number of hydrogen-bond acceptors (Lipinski definition) is 6. The molecular formula is C27H30N2O5. The van der Waals surface area contributed by atoms with Crippen LogP contribution in [0.15, 0.2) is 47.0 Å². The van der Waals surface area contributed by atoms with E-state index in [0.717, 1.165) is 47.4 Å². The SMILES string of the molecule is CCOC(=O)CCCCCC(=O)Nc1cc(-c2onc3c2CCc2ccccc2-3)ccc1OC. The second-order valence-corrected chi connectivity index (χ2v) is 8.32. The van der Waals surface area contributed by atoms with Crippen molar-refractivity contribution in [2.75, 3.05) is 19.0 Å². The Kier molecular flexibility index (Phi) is 7.62. The van der Waals surface area contributed by atoms with Gasteiger partial charge >= 0.3 is 5.97 Å². The zero-order valence-electron chi connectivity index (χ0n) is 19.7. The van der Waals surface area contributed by atoms with Gasteiger partial charge in [0.15, 0.2) is 5.76 Å². The van der Waals surface area contributed by atoms with Crippen molar-refractivity contribution in [3.63, 3.8) is 0 Å². The van der Waals surface area contributed by atoms with E-state index in [-0.39, 0.29) is 11.9 Å². The largest absolute Gasteiger partial charge is 0.495 e. The Morgan fingerprint density at radius 3 is 2.71 bits per heavy atom. The van der Waals surface area contributed by atoms with Gasteiger partial charge in [-0.25, -0.2) is 0 Å². The topological polar surface area (TPSA) is 90.7 Å². The molecule has 1 aromatic heterocycles. The average Bonchev–Trinajstić information content (AvgIpc) is 3.29. The van der Waals surface area contributed by atoms with E-state index in [4.69, 9.17) is 14.0 Å². The zero-order chi connectivity index (χ0) is 23.9. The van der Waals surface area contributed by atoms with E-state index in [9.17, 15) is 9.59 Å². The van der Waals surface area contributed by atoms with Gasteiger partial charge in [0.05, 0.1) is 19.4 Å². The first-order valence-electron chi connectivity index (χ1n) is 11.8. The van der Waals surface area contributed by atoms with Crippen LogP contribution >= 0.6 is 0 Å². The summed E-state index contributed by atoms with van der Waals surface area (Å²) in [6.07, 6.45) is 4.74. The Labute approximate surface area is 199 Å². The van der Waals surface area contributed by atoms with E-state index in [2.05, 4.69) is 22.6 Å². The number of unbranched alkanes of at least 4 members (excludes halogenated alkanes) is 2. The van der Waals surface area contributed by atoms with Crippen LogP contribution in [-0.4, -0.2) is 30.7 Å². The lowest BCUT2D eigenvalue weighted by atomic mass is 9.88. The van der Waals surface area contributed by atoms with Crippen molar-refractivity contribution in [2.45, 2.75) is 51.9 Å². The number of rotatable bonds is 10. The number of ether oxygens (including phenoxy) is 2. The number of hydrogen-bond donors (Lipinski definition) is 1. The smallest absolute Gasteiger partial charge is 0.305 e. The summed E-state index contributed by atoms with van der Waals surface area (Å²) in [6, 6.07) is 13.9. The molecule has 0 unspecified atom stereocenters. The maximum Gasteiger partial charge on any atom is 0.305 e. The van der Waals surface area contributed by atoms with Crippen LogP contribution in [0.25, 0.3) is 22.6 Å². The van der Waals surface area contributed by atoms with E-state index < -0.39 is 0 Å². The van der Waals surface area contributed by atoms with Crippen molar-refractivity contribution < 1.29 is 23.6 Å². The highest BCUT2D eigenvalue weighted by atomic mass is 16.5. The molecule has 4 rings (SSSR count). The third kappa shape index (κ3) is 5.30. The Morgan fingerprint density at radius 2 is 1.88 bits per heavy atom. The number of aromatic nitrogens is 1. The Bertz CT molecular complexity index is 1170. The number of amides is 1. The van der Waals surface area contributed by atoms with Crippen molar-refractivity contribution in [2.24, 2.45) is 0 Å². The van der Waals surface area contributed by atoms with Crippen molar-refractivity contribution in [3.05, 3.63) is 53.6 Å². The van der Waals surface area contributed by atoms with Gasteiger partial charge in [-0.1, -0.05) is 35.8 Å². The molecule has 0 saturated heterocycles. The van der Waals surface area contributed by atoms with E-state index in [1.54, 1.807) is 14.0 Å². The first-order chi connectivity index (χ1) is 16.6. The first-order valence-corrected chi connectivity index (χ1v) is 11.8. The summed E-state index contributed by atoms with van der Waals surface area (Å²) >= 11 is 0. The van der Waals surface area contributed by atoms with Gasteiger partial charge in [-0.2, -0.15) is 0 Å². The van der Waals surface area contributed by atoms with Gasteiger partial charge in [-0.3, -0.25) is 9.59 Å². The molecule has 1 aliphatic rings. The van der Waals surface area contributed by atoms with Crippen LogP contribution in [0.3, 0.4) is 0 Å². The van der Waals surface area contributed by atoms with Gasteiger partial charge in [0, 0.05) is 29.5 Å². The molecule has 1 N–H and O–H groups in total. The molecule has 34 heavy (non-hydrogen) atoms. The summed E-state index contributed by atoms with van der Waals surface area (Å²) in [6.45, 7) is 2.19. The Balaban J connectivity index is 1.43. The monoisotopic (exact) mass is 462 g/mol. The molecule has 1 aliphatic carbocycles. The molecule has 1 heterocycles. The second kappa shape index (κ2) is 11.0. The third-order valence-electron chi connectivity index (χ3n) is 6.03. The summed E-state index contributed by atoms with van der Waals surface area (Å²) in [5.41, 5.74) is 5.81. The fraction of sp³-hybridized carbons (Fsp3) is 0.370. The van der Waals surface area contributed by atoms with E-state index in [1.807, 2.05) is 30.3 Å². The Morgan fingerprint density at radius 1 is 1.06 bits per heavy atom. The van der Waals surface area contributed by atoms with Gasteiger partial charge in [-0.05, 0) is 56.4 Å². The highest BCUT2D eigenvalue weighted by Crippen LogP contribution is 2.40. The number of carbonyl (C=O) groups is 2. The predicted molar refractivity (Wildman–Crippen MR) is 130 cm³/mol. The minimum atomic E-state index is -0.188. The number of fused-ring (bicyclic) bond motifs is 3. The highest BCUT2D eigenvalue weighted by molar-refractivity contribution is 5.93. The number of aryl methyl sites for hydroxylation is 1. The summed E-state index contributed by atoms with van der Waals surface area (Å²) in [4.78, 5) is 24.0. The highest BCUT2D eigenvalue weighted by Gasteiger charge is 2.25. The molecule has 0 bridgehead atoms. The molecule has 2 aromatic carbocycles. The number of benzene rings is 2. The number of nitrogens with one attached hydrogen (secondary N) is 1. The first kappa shape index (κ1) is 23.5. The minimum Gasteiger partial charge on any atom is -0.495 e. The number of nitrogens with zero attached hydrogens (tertiary/aromatic N) is 1. The van der Waals surface area contributed by atoms with Crippen molar-refractivity contribution in [3.8, 4) is 28.3 Å². The lowest BCUT2D eigenvalue weighted by molar-refractivity contribution is -0.143. The van der Waals surface area contributed by atoms with Crippen molar-refractivity contribution in [1.82, 2.24) is 5.16 Å². The summed E-state index contributed by atoms with van der Waals surface area (Å²) in [7, 11) is 1.58. The van der Waals surface area contributed by atoms with Crippen LogP contribution in [0.4, 0.5) is 5.69 Å². The number of methoxy groups -OCH3 is 1. The molecule has 3 aromatic rings. The standard InChI is InChI=1S/C27H30N2O5/c1-3-33-25(31)12-6-4-5-11-24(30)28-22-17-19(14-16-23(22)32-2)27-21-15-13-18-9-7-8-10-20(18)26(21)29-34-27/h7-10,14,16-17H,3-6,11-13,15H2,1-2H3,(H,28,30).